The molecule has 0 bridgehead atoms. The Kier molecular flexibility index (Phi) is 3.16. The fourth-order valence-corrected chi connectivity index (χ4v) is 1.67. The third-order valence-corrected chi connectivity index (χ3v) is 2.38. The summed E-state index contributed by atoms with van der Waals surface area (Å²) in [7, 11) is 0. The molecule has 10 heavy (non-hydrogen) atoms. The Hall–Kier alpha value is -0.0800. The van der Waals surface area contributed by atoms with Crippen LogP contribution in [0.4, 0.5) is 0 Å². The minimum atomic E-state index is -0.458. The molecule has 2 heteroatoms. The molecule has 1 saturated carbocycles. The van der Waals surface area contributed by atoms with Crippen LogP contribution in [-0.2, 0) is 0 Å². The number of aliphatic hydroxyl groups excluding tert-OH is 2. The zero-order valence-corrected chi connectivity index (χ0v) is 6.29. The van der Waals surface area contributed by atoms with E-state index in [1.807, 2.05) is 0 Å². The summed E-state index contributed by atoms with van der Waals surface area (Å²) in [6, 6.07) is 0. The summed E-state index contributed by atoms with van der Waals surface area (Å²) >= 11 is 0. The molecule has 0 heterocycles. The van der Waals surface area contributed by atoms with Crippen molar-refractivity contribution in [2.24, 2.45) is 5.92 Å². The van der Waals surface area contributed by atoms with E-state index in [-0.39, 0.29) is 6.61 Å². The van der Waals surface area contributed by atoms with Crippen LogP contribution < -0.4 is 0 Å². The first-order valence-corrected chi connectivity index (χ1v) is 4.13. The van der Waals surface area contributed by atoms with E-state index in [2.05, 4.69) is 0 Å². The van der Waals surface area contributed by atoms with Gasteiger partial charge in [-0.15, -0.1) is 0 Å². The topological polar surface area (TPSA) is 40.5 Å². The van der Waals surface area contributed by atoms with Gasteiger partial charge in [-0.1, -0.05) is 19.3 Å². The van der Waals surface area contributed by atoms with Crippen LogP contribution in [0.2, 0.25) is 0 Å². The van der Waals surface area contributed by atoms with Crippen LogP contribution >= 0.6 is 0 Å². The van der Waals surface area contributed by atoms with Gasteiger partial charge in [0.15, 0.2) is 0 Å². The standard InChI is InChI=1S/C8H16O2/c9-6-8(10)7-4-2-1-3-5-7/h7-10H,1-6H2. The van der Waals surface area contributed by atoms with E-state index in [0.717, 1.165) is 12.8 Å². The van der Waals surface area contributed by atoms with Crippen LogP contribution in [0.1, 0.15) is 32.1 Å². The average molecular weight is 144 g/mol. The zero-order chi connectivity index (χ0) is 7.40. The second-order valence-corrected chi connectivity index (χ2v) is 3.15. The van der Waals surface area contributed by atoms with Gasteiger partial charge in [0.1, 0.15) is 0 Å². The molecule has 1 aliphatic rings. The molecule has 2 N–H and O–H groups in total. The Labute approximate surface area is 61.9 Å². The molecule has 1 fully saturated rings. The maximum atomic E-state index is 9.23. The van der Waals surface area contributed by atoms with Gasteiger partial charge in [0.05, 0.1) is 12.7 Å². The van der Waals surface area contributed by atoms with E-state index in [1.165, 1.54) is 19.3 Å². The van der Waals surface area contributed by atoms with Crippen molar-refractivity contribution in [3.63, 3.8) is 0 Å². The molecule has 1 aliphatic carbocycles. The highest BCUT2D eigenvalue weighted by Crippen LogP contribution is 2.25. The van der Waals surface area contributed by atoms with E-state index in [9.17, 15) is 5.11 Å². The Bertz CT molecular complexity index is 87.3. The lowest BCUT2D eigenvalue weighted by Gasteiger charge is -2.24. The van der Waals surface area contributed by atoms with Crippen LogP contribution in [0.3, 0.4) is 0 Å². The molecule has 1 rings (SSSR count). The molecular formula is C8H16O2. The van der Waals surface area contributed by atoms with Gasteiger partial charge in [-0.05, 0) is 18.8 Å². The highest BCUT2D eigenvalue weighted by molar-refractivity contribution is 4.71. The molecule has 1 unspecified atom stereocenters. The third kappa shape index (κ3) is 1.96. The maximum absolute atomic E-state index is 9.23. The minimum absolute atomic E-state index is 0.0648. The zero-order valence-electron chi connectivity index (χ0n) is 6.29. The summed E-state index contributed by atoms with van der Waals surface area (Å²) in [5.74, 6) is 0.374. The molecule has 0 aromatic carbocycles. The third-order valence-electron chi connectivity index (χ3n) is 2.38. The normalized spacial score (nSPS) is 24.6. The average Bonchev–Trinajstić information content (AvgIpc) is 2.05. The lowest BCUT2D eigenvalue weighted by atomic mass is 9.85. The summed E-state index contributed by atoms with van der Waals surface area (Å²) in [4.78, 5) is 0. The largest absolute Gasteiger partial charge is 0.394 e. The number of hydrogen-bond acceptors (Lipinski definition) is 2. The predicted octanol–water partition coefficient (Wildman–Crippen LogP) is 0.920. The van der Waals surface area contributed by atoms with Crippen LogP contribution in [0.15, 0.2) is 0 Å². The van der Waals surface area contributed by atoms with Gasteiger partial charge in [-0.25, -0.2) is 0 Å². The van der Waals surface area contributed by atoms with Gasteiger partial charge in [0, 0.05) is 0 Å². The maximum Gasteiger partial charge on any atom is 0.0799 e. The fraction of sp³-hybridized carbons (Fsp3) is 1.00. The van der Waals surface area contributed by atoms with Crippen LogP contribution in [0.5, 0.6) is 0 Å². The minimum Gasteiger partial charge on any atom is -0.394 e. The van der Waals surface area contributed by atoms with E-state index < -0.39 is 6.10 Å². The first kappa shape index (κ1) is 8.02. The number of aliphatic hydroxyl groups is 2. The molecule has 0 aromatic heterocycles. The van der Waals surface area contributed by atoms with E-state index >= 15 is 0 Å². The molecule has 0 radical (unpaired) electrons. The summed E-state index contributed by atoms with van der Waals surface area (Å²) < 4.78 is 0. The van der Waals surface area contributed by atoms with Crippen molar-refractivity contribution in [2.75, 3.05) is 6.61 Å². The second kappa shape index (κ2) is 3.94. The predicted molar refractivity (Wildman–Crippen MR) is 39.7 cm³/mol. The lowest BCUT2D eigenvalue weighted by molar-refractivity contribution is 0.0325. The van der Waals surface area contributed by atoms with Crippen molar-refractivity contribution in [1.29, 1.82) is 0 Å². The first-order valence-electron chi connectivity index (χ1n) is 4.13. The van der Waals surface area contributed by atoms with Crippen molar-refractivity contribution in [2.45, 2.75) is 38.2 Å². The second-order valence-electron chi connectivity index (χ2n) is 3.15. The molecular weight excluding hydrogens is 128 g/mol. The SMILES string of the molecule is OCC(O)C1CCCCC1. The van der Waals surface area contributed by atoms with Crippen molar-refractivity contribution in [3.05, 3.63) is 0 Å². The summed E-state index contributed by atoms with van der Waals surface area (Å²) in [5, 5.41) is 17.9. The lowest BCUT2D eigenvalue weighted by Crippen LogP contribution is -2.25. The Morgan fingerprint density at radius 2 is 1.80 bits per heavy atom. The summed E-state index contributed by atoms with van der Waals surface area (Å²) in [6.45, 7) is -0.0648. The van der Waals surface area contributed by atoms with Crippen molar-refractivity contribution >= 4 is 0 Å². The van der Waals surface area contributed by atoms with Gasteiger partial charge in [0.25, 0.3) is 0 Å². The highest BCUT2D eigenvalue weighted by Gasteiger charge is 2.20. The van der Waals surface area contributed by atoms with Crippen molar-refractivity contribution in [1.82, 2.24) is 0 Å². The van der Waals surface area contributed by atoms with Gasteiger partial charge in [-0.3, -0.25) is 0 Å². The van der Waals surface area contributed by atoms with E-state index in [0.29, 0.717) is 5.92 Å². The first-order chi connectivity index (χ1) is 4.84. The van der Waals surface area contributed by atoms with Crippen LogP contribution in [0.25, 0.3) is 0 Å². The molecule has 0 amide bonds. The quantitative estimate of drug-likeness (QED) is 0.605. The van der Waals surface area contributed by atoms with Gasteiger partial charge in [0.2, 0.25) is 0 Å². The Balaban J connectivity index is 2.24. The summed E-state index contributed by atoms with van der Waals surface area (Å²) in [5.41, 5.74) is 0. The van der Waals surface area contributed by atoms with E-state index in [4.69, 9.17) is 5.11 Å². The monoisotopic (exact) mass is 144 g/mol. The molecule has 2 nitrogen and oxygen atoms in total. The summed E-state index contributed by atoms with van der Waals surface area (Å²) in [6.07, 6.45) is 5.49. The van der Waals surface area contributed by atoms with Crippen molar-refractivity contribution < 1.29 is 10.2 Å². The number of rotatable bonds is 2. The fourth-order valence-electron chi connectivity index (χ4n) is 1.67. The Morgan fingerprint density at radius 3 is 2.30 bits per heavy atom. The molecule has 60 valence electrons. The molecule has 0 aromatic rings. The van der Waals surface area contributed by atoms with Crippen LogP contribution in [-0.4, -0.2) is 22.9 Å². The molecule has 1 atom stereocenters. The van der Waals surface area contributed by atoms with Gasteiger partial charge in [-0.2, -0.15) is 0 Å². The highest BCUT2D eigenvalue weighted by atomic mass is 16.3. The van der Waals surface area contributed by atoms with Crippen LogP contribution in [0, 0.1) is 5.92 Å². The molecule has 0 saturated heterocycles. The molecule has 0 spiro atoms. The van der Waals surface area contributed by atoms with Crippen molar-refractivity contribution in [3.8, 4) is 0 Å². The Morgan fingerprint density at radius 1 is 1.20 bits per heavy atom. The van der Waals surface area contributed by atoms with E-state index in [1.54, 1.807) is 0 Å². The van der Waals surface area contributed by atoms with Gasteiger partial charge >= 0.3 is 0 Å². The van der Waals surface area contributed by atoms with Gasteiger partial charge < -0.3 is 10.2 Å². The molecule has 0 aliphatic heterocycles. The number of hydrogen-bond donors (Lipinski definition) is 2. The smallest absolute Gasteiger partial charge is 0.0799 e.